The third kappa shape index (κ3) is 1.00. The van der Waals surface area contributed by atoms with Crippen LogP contribution in [0.1, 0.15) is 0 Å². The van der Waals surface area contributed by atoms with Gasteiger partial charge in [-0.15, -0.1) is 0 Å². The second-order valence-corrected chi connectivity index (χ2v) is 2.30. The van der Waals surface area contributed by atoms with Gasteiger partial charge in [0.1, 0.15) is 0 Å². The second kappa shape index (κ2) is 2.13. The van der Waals surface area contributed by atoms with Gasteiger partial charge in [0, 0.05) is 0 Å². The number of carbonyl (C=O) groups excluding carboxylic acids is 1. The van der Waals surface area contributed by atoms with Gasteiger partial charge in [-0.1, -0.05) is 6.58 Å². The van der Waals surface area contributed by atoms with Crippen LogP contribution in [0.15, 0.2) is 12.2 Å². The number of nitrogens with one attached hydrogen (secondary N) is 1. The molecule has 0 aromatic carbocycles. The summed E-state index contributed by atoms with van der Waals surface area (Å²) in [7, 11) is 1.69. The van der Waals surface area contributed by atoms with Crippen LogP contribution >= 0.6 is 0 Å². The lowest BCUT2D eigenvalue weighted by Gasteiger charge is -2.14. The fourth-order valence-corrected chi connectivity index (χ4v) is 0.742. The number of nitrogens with zero attached hydrogens (tertiary/aromatic N) is 1. The van der Waals surface area contributed by atoms with E-state index in [0.717, 1.165) is 5.57 Å². The number of hydrogen-bond donors (Lipinski definition) is 2. The quantitative estimate of drug-likeness (QED) is 0.410. The van der Waals surface area contributed by atoms with Crippen LogP contribution in [-0.4, -0.2) is 30.4 Å². The average molecular weight is 140 g/mol. The summed E-state index contributed by atoms with van der Waals surface area (Å²) in [6, 6.07) is -0.176. The van der Waals surface area contributed by atoms with Crippen molar-refractivity contribution in [3.05, 3.63) is 12.2 Å². The van der Waals surface area contributed by atoms with Crippen LogP contribution in [0.3, 0.4) is 0 Å². The van der Waals surface area contributed by atoms with Crippen LogP contribution in [0.25, 0.3) is 0 Å². The van der Waals surface area contributed by atoms with Crippen molar-refractivity contribution in [1.82, 2.24) is 4.90 Å². The van der Waals surface area contributed by atoms with E-state index in [2.05, 4.69) is 11.6 Å². The minimum atomic E-state index is -0.176. The molecule has 2 amide bonds. The fraction of sp³-hybridized carbons (Fsp3) is 0.333. The summed E-state index contributed by atoms with van der Waals surface area (Å²) in [6.07, 6.45) is 0. The molecule has 0 aromatic heterocycles. The Morgan fingerprint density at radius 2 is 2.40 bits per heavy atom. The normalized spacial score (nSPS) is 19.3. The summed E-state index contributed by atoms with van der Waals surface area (Å²) < 4.78 is 0. The highest BCUT2D eigenvalue weighted by Crippen LogP contribution is 1.93. The largest absolute Gasteiger partial charge is 0.436 e. The Hall–Kier alpha value is -1.32. The van der Waals surface area contributed by atoms with Crippen LogP contribution in [0.4, 0.5) is 4.79 Å². The molecular weight excluding hydrogens is 130 g/mol. The van der Waals surface area contributed by atoms with E-state index in [4.69, 9.17) is 5.73 Å². The molecule has 0 unspecified atom stereocenters. The third-order valence-corrected chi connectivity index (χ3v) is 1.40. The van der Waals surface area contributed by atoms with Crippen LogP contribution in [0, 0.1) is 0 Å². The summed E-state index contributed by atoms with van der Waals surface area (Å²) in [5, 5.41) is 0. The van der Waals surface area contributed by atoms with Crippen molar-refractivity contribution in [3.8, 4) is 0 Å². The molecule has 0 bridgehead atoms. The molecule has 4 nitrogen and oxygen atoms in total. The molecule has 1 aliphatic heterocycles. The molecule has 0 saturated carbocycles. The molecule has 0 fully saturated rings. The van der Waals surface area contributed by atoms with E-state index in [1.165, 1.54) is 4.90 Å². The van der Waals surface area contributed by atoms with E-state index in [-0.39, 0.29) is 6.03 Å². The van der Waals surface area contributed by atoms with E-state index < -0.39 is 0 Å². The summed E-state index contributed by atoms with van der Waals surface area (Å²) in [5.74, 6) is 0.378. The maximum Gasteiger partial charge on any atom is 0.436 e. The lowest BCUT2D eigenvalue weighted by molar-refractivity contribution is -0.358. The van der Waals surface area contributed by atoms with E-state index in [1.54, 1.807) is 7.05 Å². The second-order valence-electron chi connectivity index (χ2n) is 2.30. The molecule has 0 aliphatic carbocycles. The van der Waals surface area contributed by atoms with Crippen LogP contribution in [0.2, 0.25) is 0 Å². The van der Waals surface area contributed by atoms with Crippen molar-refractivity contribution < 1.29 is 9.79 Å². The van der Waals surface area contributed by atoms with Crippen molar-refractivity contribution in [2.75, 3.05) is 13.6 Å². The van der Waals surface area contributed by atoms with Crippen LogP contribution in [0.5, 0.6) is 0 Å². The van der Waals surface area contributed by atoms with Gasteiger partial charge in [-0.05, 0) is 0 Å². The number of amidine groups is 1. The van der Waals surface area contributed by atoms with Gasteiger partial charge >= 0.3 is 6.03 Å². The van der Waals surface area contributed by atoms with Crippen molar-refractivity contribution in [2.24, 2.45) is 5.73 Å². The van der Waals surface area contributed by atoms with E-state index in [9.17, 15) is 4.79 Å². The number of amides is 2. The highest BCUT2D eigenvalue weighted by Gasteiger charge is 2.22. The minimum Gasteiger partial charge on any atom is -0.318 e. The first-order valence-corrected chi connectivity index (χ1v) is 2.94. The average Bonchev–Trinajstić information content (AvgIpc) is 1.84. The molecule has 0 atom stereocenters. The molecule has 0 aromatic rings. The minimum absolute atomic E-state index is 0.176. The predicted octanol–water partition coefficient (Wildman–Crippen LogP) is -1.95. The molecule has 10 heavy (non-hydrogen) atoms. The molecule has 54 valence electrons. The summed E-state index contributed by atoms with van der Waals surface area (Å²) in [6.45, 7) is 4.17. The molecular formula is C6H10N3O+. The topological polar surface area (TPSA) is 60.3 Å². The highest BCUT2D eigenvalue weighted by molar-refractivity contribution is 5.96. The first-order valence-electron chi connectivity index (χ1n) is 2.94. The monoisotopic (exact) mass is 140 g/mol. The Kier molecular flexibility index (Phi) is 1.45. The van der Waals surface area contributed by atoms with Crippen LogP contribution in [-0.2, 0) is 0 Å². The first-order chi connectivity index (χ1) is 4.61. The molecule has 3 N–H and O–H groups in total. The van der Waals surface area contributed by atoms with Gasteiger partial charge in [-0.2, -0.15) is 0 Å². The van der Waals surface area contributed by atoms with E-state index in [1.807, 2.05) is 0 Å². The van der Waals surface area contributed by atoms with Gasteiger partial charge < -0.3 is 5.73 Å². The number of carbonyl (C=O) groups is 1. The standard InChI is InChI=1S/C6H9N3O/c1-4-3-9(2)6(10)8-5(4)7/h1,3H2,2H3,(H2,7,8,10)/p+1. The number of rotatable bonds is 0. The van der Waals surface area contributed by atoms with Gasteiger partial charge in [0.25, 0.3) is 0 Å². The molecule has 1 rings (SSSR count). The lowest BCUT2D eigenvalue weighted by atomic mass is 10.2. The van der Waals surface area contributed by atoms with E-state index in [0.29, 0.717) is 12.4 Å². The zero-order valence-corrected chi connectivity index (χ0v) is 5.85. The Bertz CT molecular complexity index is 219. The van der Waals surface area contributed by atoms with Crippen molar-refractivity contribution >= 4 is 11.9 Å². The van der Waals surface area contributed by atoms with Gasteiger partial charge in [0.15, 0.2) is 0 Å². The lowest BCUT2D eigenvalue weighted by Crippen LogP contribution is -2.85. The Balaban J connectivity index is 2.90. The van der Waals surface area contributed by atoms with Crippen molar-refractivity contribution in [2.45, 2.75) is 0 Å². The highest BCUT2D eigenvalue weighted by atomic mass is 16.2. The zero-order chi connectivity index (χ0) is 7.72. The smallest absolute Gasteiger partial charge is 0.318 e. The Morgan fingerprint density at radius 3 is 2.90 bits per heavy atom. The van der Waals surface area contributed by atoms with Crippen LogP contribution < -0.4 is 10.7 Å². The molecule has 0 saturated heterocycles. The predicted molar refractivity (Wildman–Crippen MR) is 37.3 cm³/mol. The number of nitrogens with two attached hydrogens (primary N) is 1. The van der Waals surface area contributed by atoms with Crippen molar-refractivity contribution in [1.29, 1.82) is 0 Å². The van der Waals surface area contributed by atoms with Crippen molar-refractivity contribution in [3.63, 3.8) is 0 Å². The molecule has 1 aliphatic rings. The van der Waals surface area contributed by atoms with Gasteiger partial charge in [-0.25, -0.2) is 9.79 Å². The maximum absolute atomic E-state index is 10.8. The summed E-state index contributed by atoms with van der Waals surface area (Å²) >= 11 is 0. The Labute approximate surface area is 59.0 Å². The molecule has 1 heterocycles. The molecule has 4 heteroatoms. The number of urea groups is 1. The first kappa shape index (κ1) is 6.80. The third-order valence-electron chi connectivity index (χ3n) is 1.40. The number of likely N-dealkylation sites (N-methyl/N-ethyl adjacent to an activating group) is 1. The van der Waals surface area contributed by atoms with Gasteiger partial charge in [-0.3, -0.25) is 4.90 Å². The SMILES string of the molecule is C=C1CN(C)C(=O)[NH+]=C1N. The molecule has 0 spiro atoms. The maximum atomic E-state index is 10.8. The molecule has 0 radical (unpaired) electrons. The van der Waals surface area contributed by atoms with E-state index >= 15 is 0 Å². The van der Waals surface area contributed by atoms with Gasteiger partial charge in [0.2, 0.25) is 5.84 Å². The summed E-state index contributed by atoms with van der Waals surface area (Å²) in [5.41, 5.74) is 6.14. The summed E-state index contributed by atoms with van der Waals surface area (Å²) in [4.78, 5) is 14.8. The zero-order valence-electron chi connectivity index (χ0n) is 5.85. The Morgan fingerprint density at radius 1 is 1.80 bits per heavy atom. The number of hydrogen-bond acceptors (Lipinski definition) is 2. The van der Waals surface area contributed by atoms with Gasteiger partial charge in [0.05, 0.1) is 19.2 Å². The fourth-order valence-electron chi connectivity index (χ4n) is 0.742.